The van der Waals surface area contributed by atoms with Crippen molar-refractivity contribution in [3.05, 3.63) is 56.2 Å². The van der Waals surface area contributed by atoms with Crippen LogP contribution in [0.3, 0.4) is 0 Å². The highest BCUT2D eigenvalue weighted by atomic mass is 35.5. The van der Waals surface area contributed by atoms with Gasteiger partial charge in [-0.15, -0.1) is 11.3 Å². The molecule has 1 fully saturated rings. The summed E-state index contributed by atoms with van der Waals surface area (Å²) in [5.74, 6) is 0.0541. The number of halogens is 2. The van der Waals surface area contributed by atoms with Gasteiger partial charge >= 0.3 is 0 Å². The predicted molar refractivity (Wildman–Crippen MR) is 104 cm³/mol. The first-order chi connectivity index (χ1) is 12.1. The Morgan fingerprint density at radius 2 is 1.84 bits per heavy atom. The van der Waals surface area contributed by atoms with Gasteiger partial charge in [-0.05, 0) is 29.8 Å². The number of amides is 1. The lowest BCUT2D eigenvalue weighted by Crippen LogP contribution is -2.48. The molecule has 0 radical (unpaired) electrons. The highest BCUT2D eigenvalue weighted by Crippen LogP contribution is 2.23. The molecule has 1 N–H and O–H groups in total. The molecule has 2 aromatic rings. The maximum atomic E-state index is 12.1. The lowest BCUT2D eigenvalue weighted by atomic mass is 10.2. The van der Waals surface area contributed by atoms with Crippen LogP contribution in [0.4, 0.5) is 0 Å². The summed E-state index contributed by atoms with van der Waals surface area (Å²) in [5.41, 5.74) is 1.01. The second kappa shape index (κ2) is 9.01. The van der Waals surface area contributed by atoms with Crippen molar-refractivity contribution in [1.29, 1.82) is 0 Å². The Morgan fingerprint density at radius 1 is 1.08 bits per heavy atom. The van der Waals surface area contributed by atoms with Gasteiger partial charge in [-0.3, -0.25) is 14.6 Å². The second-order valence-corrected chi connectivity index (χ2v) is 8.40. The summed E-state index contributed by atoms with van der Waals surface area (Å²) in [6.45, 7) is 5.64. The van der Waals surface area contributed by atoms with Crippen LogP contribution in [0, 0.1) is 0 Å². The number of rotatable bonds is 6. The summed E-state index contributed by atoms with van der Waals surface area (Å²) in [5, 5.41) is 3.65. The number of piperazine rings is 1. The Labute approximate surface area is 162 Å². The molecule has 3 rings (SSSR count). The summed E-state index contributed by atoms with van der Waals surface area (Å²) in [7, 11) is 0. The van der Waals surface area contributed by atoms with Crippen LogP contribution in [-0.2, 0) is 17.9 Å². The molecule has 134 valence electrons. The van der Waals surface area contributed by atoms with Crippen LogP contribution >= 0.6 is 34.5 Å². The zero-order valence-electron chi connectivity index (χ0n) is 13.9. The van der Waals surface area contributed by atoms with Gasteiger partial charge in [-0.1, -0.05) is 35.3 Å². The van der Waals surface area contributed by atoms with Crippen LogP contribution in [0.1, 0.15) is 10.4 Å². The zero-order valence-corrected chi connectivity index (χ0v) is 16.2. The third-order valence-electron chi connectivity index (χ3n) is 4.22. The minimum absolute atomic E-state index is 0.0541. The average molecular weight is 398 g/mol. The number of carbonyl (C=O) groups is 1. The first-order valence-corrected chi connectivity index (χ1v) is 9.86. The lowest BCUT2D eigenvalue weighted by molar-refractivity contribution is -0.122. The van der Waals surface area contributed by atoms with E-state index in [2.05, 4.69) is 21.2 Å². The fourth-order valence-electron chi connectivity index (χ4n) is 2.87. The van der Waals surface area contributed by atoms with Gasteiger partial charge in [-0.25, -0.2) is 0 Å². The van der Waals surface area contributed by atoms with Crippen molar-refractivity contribution in [2.45, 2.75) is 13.1 Å². The molecule has 1 saturated heterocycles. The second-order valence-electron chi connectivity index (χ2n) is 6.16. The van der Waals surface area contributed by atoms with E-state index in [9.17, 15) is 4.79 Å². The van der Waals surface area contributed by atoms with E-state index in [0.29, 0.717) is 18.1 Å². The monoisotopic (exact) mass is 397 g/mol. The number of carbonyl (C=O) groups excluding carboxylic acids is 1. The predicted octanol–water partition coefficient (Wildman–Crippen LogP) is 3.49. The molecular formula is C18H21Cl2N3OS. The van der Waals surface area contributed by atoms with Gasteiger partial charge in [0, 0.05) is 49.2 Å². The SMILES string of the molecule is O=C(CN1CCN(Cc2ccc(Cl)s2)CC1)NCc1cccc(Cl)c1. The van der Waals surface area contributed by atoms with Crippen LogP contribution in [0.5, 0.6) is 0 Å². The van der Waals surface area contributed by atoms with E-state index >= 15 is 0 Å². The van der Waals surface area contributed by atoms with Crippen molar-refractivity contribution >= 4 is 40.4 Å². The van der Waals surface area contributed by atoms with Gasteiger partial charge in [0.15, 0.2) is 0 Å². The van der Waals surface area contributed by atoms with Gasteiger partial charge in [0.25, 0.3) is 0 Å². The van der Waals surface area contributed by atoms with Crippen molar-refractivity contribution in [3.8, 4) is 0 Å². The molecule has 1 aromatic carbocycles. The third-order valence-corrected chi connectivity index (χ3v) is 5.67. The standard InChI is InChI=1S/C18H21Cl2N3OS/c19-15-3-1-2-14(10-15)11-21-18(24)13-23-8-6-22(7-9-23)12-16-4-5-17(20)25-16/h1-5,10H,6-9,11-13H2,(H,21,24). The van der Waals surface area contributed by atoms with E-state index in [0.717, 1.165) is 42.6 Å². The van der Waals surface area contributed by atoms with E-state index in [1.807, 2.05) is 30.3 Å². The topological polar surface area (TPSA) is 35.6 Å². The third kappa shape index (κ3) is 5.97. The zero-order chi connectivity index (χ0) is 17.6. The maximum Gasteiger partial charge on any atom is 0.234 e. The van der Waals surface area contributed by atoms with Crippen molar-refractivity contribution < 1.29 is 4.79 Å². The van der Waals surface area contributed by atoms with Crippen molar-refractivity contribution in [2.24, 2.45) is 0 Å². The minimum atomic E-state index is 0.0541. The smallest absolute Gasteiger partial charge is 0.234 e. The molecule has 1 aromatic heterocycles. The van der Waals surface area contributed by atoms with Crippen LogP contribution in [0.2, 0.25) is 9.36 Å². The molecule has 25 heavy (non-hydrogen) atoms. The van der Waals surface area contributed by atoms with E-state index < -0.39 is 0 Å². The Morgan fingerprint density at radius 3 is 2.52 bits per heavy atom. The van der Waals surface area contributed by atoms with E-state index in [-0.39, 0.29) is 5.91 Å². The van der Waals surface area contributed by atoms with Crippen LogP contribution < -0.4 is 5.32 Å². The maximum absolute atomic E-state index is 12.1. The summed E-state index contributed by atoms with van der Waals surface area (Å²) in [4.78, 5) is 18.0. The van der Waals surface area contributed by atoms with E-state index in [1.54, 1.807) is 11.3 Å². The summed E-state index contributed by atoms with van der Waals surface area (Å²) >= 11 is 13.6. The Balaban J connectivity index is 1.37. The average Bonchev–Trinajstić information content (AvgIpc) is 3.00. The first kappa shape index (κ1) is 18.7. The van der Waals surface area contributed by atoms with Gasteiger partial charge < -0.3 is 5.32 Å². The molecule has 2 heterocycles. The van der Waals surface area contributed by atoms with Crippen molar-refractivity contribution in [2.75, 3.05) is 32.7 Å². The minimum Gasteiger partial charge on any atom is -0.351 e. The quantitative estimate of drug-likeness (QED) is 0.809. The van der Waals surface area contributed by atoms with Crippen molar-refractivity contribution in [3.63, 3.8) is 0 Å². The number of thiophene rings is 1. The first-order valence-electron chi connectivity index (χ1n) is 8.28. The van der Waals surface area contributed by atoms with Crippen molar-refractivity contribution in [1.82, 2.24) is 15.1 Å². The normalized spacial score (nSPS) is 16.1. The largest absolute Gasteiger partial charge is 0.351 e. The Bertz CT molecular complexity index is 714. The molecule has 1 aliphatic rings. The molecule has 0 unspecified atom stereocenters. The van der Waals surface area contributed by atoms with Gasteiger partial charge in [0.2, 0.25) is 5.91 Å². The molecule has 4 nitrogen and oxygen atoms in total. The molecule has 0 spiro atoms. The van der Waals surface area contributed by atoms with Gasteiger partial charge in [0.05, 0.1) is 10.9 Å². The lowest BCUT2D eigenvalue weighted by Gasteiger charge is -2.34. The number of hydrogen-bond acceptors (Lipinski definition) is 4. The number of nitrogens with zero attached hydrogens (tertiary/aromatic N) is 2. The number of nitrogens with one attached hydrogen (secondary N) is 1. The van der Waals surface area contributed by atoms with Crippen LogP contribution in [0.25, 0.3) is 0 Å². The fourth-order valence-corrected chi connectivity index (χ4v) is 4.21. The fraction of sp³-hybridized carbons (Fsp3) is 0.389. The number of hydrogen-bond donors (Lipinski definition) is 1. The van der Waals surface area contributed by atoms with Gasteiger partial charge in [0.1, 0.15) is 0 Å². The molecule has 7 heteroatoms. The Hall–Kier alpha value is -1.11. The van der Waals surface area contributed by atoms with Gasteiger partial charge in [-0.2, -0.15) is 0 Å². The highest BCUT2D eigenvalue weighted by molar-refractivity contribution is 7.16. The Kier molecular flexibility index (Phi) is 6.73. The van der Waals surface area contributed by atoms with E-state index in [1.165, 1.54) is 4.88 Å². The number of benzene rings is 1. The van der Waals surface area contributed by atoms with Crippen LogP contribution in [-0.4, -0.2) is 48.4 Å². The summed E-state index contributed by atoms with van der Waals surface area (Å²) in [6.07, 6.45) is 0. The summed E-state index contributed by atoms with van der Waals surface area (Å²) in [6, 6.07) is 11.6. The van der Waals surface area contributed by atoms with E-state index in [4.69, 9.17) is 23.2 Å². The molecule has 1 aliphatic heterocycles. The molecule has 0 aliphatic carbocycles. The summed E-state index contributed by atoms with van der Waals surface area (Å²) < 4.78 is 0.838. The van der Waals surface area contributed by atoms with Crippen LogP contribution in [0.15, 0.2) is 36.4 Å². The molecule has 0 bridgehead atoms. The highest BCUT2D eigenvalue weighted by Gasteiger charge is 2.19. The molecule has 0 saturated carbocycles. The molecule has 0 atom stereocenters. The molecular weight excluding hydrogens is 377 g/mol. The molecule has 1 amide bonds.